The fraction of sp³-hybridized carbons (Fsp3) is 0.333. The van der Waals surface area contributed by atoms with Gasteiger partial charge in [0.15, 0.2) is 0 Å². The van der Waals surface area contributed by atoms with Crippen LogP contribution in [0.1, 0.15) is 60.8 Å². The minimum Gasteiger partial charge on any atom is -0.460 e. The van der Waals surface area contributed by atoms with Gasteiger partial charge in [-0.05, 0) is 44.0 Å². The summed E-state index contributed by atoms with van der Waals surface area (Å²) in [5.74, 6) is -2.44. The van der Waals surface area contributed by atoms with E-state index in [1.165, 1.54) is 25.1 Å². The lowest BCUT2D eigenvalue weighted by Gasteiger charge is -2.12. The summed E-state index contributed by atoms with van der Waals surface area (Å²) in [7, 11) is 0. The third-order valence-electron chi connectivity index (χ3n) is 4.64. The third-order valence-corrected chi connectivity index (χ3v) is 4.64. The van der Waals surface area contributed by atoms with Gasteiger partial charge in [0.05, 0.1) is 18.6 Å². The Balaban J connectivity index is 2.29. The van der Waals surface area contributed by atoms with Crippen LogP contribution in [0.2, 0.25) is 0 Å². The van der Waals surface area contributed by atoms with Crippen LogP contribution in [0, 0.1) is 0 Å². The first kappa shape index (κ1) is 23.8. The summed E-state index contributed by atoms with van der Waals surface area (Å²) < 4.78 is 26.5. The number of fused-ring (bicyclic) bond motifs is 1. The van der Waals surface area contributed by atoms with Crippen LogP contribution in [-0.4, -0.2) is 31.1 Å². The predicted molar refractivity (Wildman–Crippen MR) is 117 cm³/mol. The number of carbonyl (C=O) groups excluding carboxylic acids is 3. The van der Waals surface area contributed by atoms with Gasteiger partial charge in [-0.25, -0.2) is 9.59 Å². The number of carbonyl (C=O) groups is 3. The summed E-state index contributed by atoms with van der Waals surface area (Å²) in [6.45, 7) is 6.65. The van der Waals surface area contributed by atoms with Gasteiger partial charge in [0.1, 0.15) is 22.7 Å². The Morgan fingerprint density at radius 3 is 2.27 bits per heavy atom. The maximum Gasteiger partial charge on any atom is 0.375 e. The summed E-state index contributed by atoms with van der Waals surface area (Å²) in [6.07, 6.45) is 1.28. The number of ether oxygens (including phenoxy) is 3. The predicted octanol–water partition coefficient (Wildman–Crippen LogP) is 4.28. The van der Waals surface area contributed by atoms with E-state index in [1.807, 2.05) is 6.92 Å². The lowest BCUT2D eigenvalue weighted by atomic mass is 10.0. The Morgan fingerprint density at radius 2 is 1.64 bits per heavy atom. The quantitative estimate of drug-likeness (QED) is 0.361. The Hall–Kier alpha value is -3.88. The van der Waals surface area contributed by atoms with Crippen molar-refractivity contribution in [3.63, 3.8) is 0 Å². The van der Waals surface area contributed by atoms with E-state index in [4.69, 9.17) is 23.0 Å². The van der Waals surface area contributed by atoms with Crippen molar-refractivity contribution in [2.75, 3.05) is 13.2 Å². The fourth-order valence-corrected chi connectivity index (χ4v) is 3.33. The molecule has 2 heterocycles. The fourth-order valence-electron chi connectivity index (χ4n) is 3.33. The maximum atomic E-state index is 13.5. The molecule has 0 radical (unpaired) electrons. The van der Waals surface area contributed by atoms with Crippen LogP contribution >= 0.6 is 0 Å². The minimum atomic E-state index is -0.882. The van der Waals surface area contributed by atoms with E-state index in [0.717, 1.165) is 6.42 Å². The smallest absolute Gasteiger partial charge is 0.375 e. The molecule has 9 heteroatoms. The molecular weight excluding hydrogens is 432 g/mol. The molecule has 0 fully saturated rings. The second-order valence-corrected chi connectivity index (χ2v) is 7.04. The van der Waals surface area contributed by atoms with Gasteiger partial charge in [0.25, 0.3) is 0 Å². The Bertz CT molecular complexity index is 1260. The molecule has 0 atom stereocenters. The van der Waals surface area contributed by atoms with Crippen LogP contribution in [0.3, 0.4) is 0 Å². The Kier molecular flexibility index (Phi) is 7.32. The number of rotatable bonds is 8. The van der Waals surface area contributed by atoms with Gasteiger partial charge < -0.3 is 23.0 Å². The number of hydrogen-bond donors (Lipinski definition) is 0. The zero-order valence-electron chi connectivity index (χ0n) is 18.8. The number of esters is 3. The molecule has 0 spiro atoms. The third kappa shape index (κ3) is 4.97. The van der Waals surface area contributed by atoms with Crippen molar-refractivity contribution >= 4 is 28.9 Å². The Morgan fingerprint density at radius 1 is 0.939 bits per heavy atom. The largest absolute Gasteiger partial charge is 0.460 e. The van der Waals surface area contributed by atoms with E-state index in [9.17, 15) is 19.2 Å². The highest BCUT2D eigenvalue weighted by molar-refractivity contribution is 5.97. The first-order chi connectivity index (χ1) is 15.8. The van der Waals surface area contributed by atoms with Crippen molar-refractivity contribution < 1.29 is 37.4 Å². The van der Waals surface area contributed by atoms with Crippen LogP contribution in [0.4, 0.5) is 0 Å². The van der Waals surface area contributed by atoms with Gasteiger partial charge in [-0.15, -0.1) is 0 Å². The molecule has 0 bridgehead atoms. The molecule has 0 aliphatic carbocycles. The molecular formula is C24H24O9. The summed E-state index contributed by atoms with van der Waals surface area (Å²) in [6, 6.07) is 5.70. The van der Waals surface area contributed by atoms with Crippen molar-refractivity contribution in [2.24, 2.45) is 0 Å². The van der Waals surface area contributed by atoms with Crippen LogP contribution in [0.25, 0.3) is 22.3 Å². The van der Waals surface area contributed by atoms with Gasteiger partial charge in [-0.2, -0.15) is 0 Å². The molecule has 174 valence electrons. The first-order valence-electron chi connectivity index (χ1n) is 10.6. The van der Waals surface area contributed by atoms with Crippen molar-refractivity contribution in [3.8, 4) is 17.1 Å². The average Bonchev–Trinajstić information content (AvgIpc) is 3.24. The average molecular weight is 456 g/mol. The lowest BCUT2D eigenvalue weighted by Crippen LogP contribution is -2.15. The normalized spacial score (nSPS) is 10.8. The summed E-state index contributed by atoms with van der Waals surface area (Å²) in [5, 5.41) is 0.159. The highest BCUT2D eigenvalue weighted by atomic mass is 16.6. The van der Waals surface area contributed by atoms with Crippen molar-refractivity contribution in [1.82, 2.24) is 0 Å². The molecule has 9 nitrogen and oxygen atoms in total. The minimum absolute atomic E-state index is 0.0417. The molecule has 2 aromatic heterocycles. The highest BCUT2D eigenvalue weighted by Crippen LogP contribution is 2.31. The van der Waals surface area contributed by atoms with Crippen LogP contribution in [0.5, 0.6) is 5.75 Å². The monoisotopic (exact) mass is 456 g/mol. The molecule has 0 saturated carbocycles. The van der Waals surface area contributed by atoms with Crippen molar-refractivity contribution in [2.45, 2.75) is 40.5 Å². The molecule has 3 aromatic rings. The number of hydrogen-bond acceptors (Lipinski definition) is 9. The SMILES string of the molecule is CCCc1cc2c(=O)c(-c3ccc(C(=O)OCC)o3)c(C(=O)OCC)oc2cc1OC(C)=O. The van der Waals surface area contributed by atoms with Gasteiger partial charge in [-0.1, -0.05) is 13.3 Å². The number of furan rings is 1. The van der Waals surface area contributed by atoms with Crippen LogP contribution in [-0.2, 0) is 20.7 Å². The summed E-state index contributed by atoms with van der Waals surface area (Å²) >= 11 is 0. The molecule has 0 aliphatic heterocycles. The van der Waals surface area contributed by atoms with Gasteiger partial charge >= 0.3 is 17.9 Å². The molecule has 0 N–H and O–H groups in total. The van der Waals surface area contributed by atoms with E-state index in [1.54, 1.807) is 19.9 Å². The van der Waals surface area contributed by atoms with E-state index in [-0.39, 0.29) is 47.0 Å². The topological polar surface area (TPSA) is 122 Å². The Labute approximate surface area is 189 Å². The van der Waals surface area contributed by atoms with E-state index in [0.29, 0.717) is 12.0 Å². The first-order valence-corrected chi connectivity index (χ1v) is 10.6. The van der Waals surface area contributed by atoms with E-state index >= 15 is 0 Å². The maximum absolute atomic E-state index is 13.5. The van der Waals surface area contributed by atoms with Crippen molar-refractivity contribution in [1.29, 1.82) is 0 Å². The molecule has 33 heavy (non-hydrogen) atoms. The van der Waals surface area contributed by atoms with Gasteiger partial charge in [0, 0.05) is 13.0 Å². The zero-order chi connectivity index (χ0) is 24.1. The molecule has 3 rings (SSSR count). The second kappa shape index (κ2) is 10.2. The highest BCUT2D eigenvalue weighted by Gasteiger charge is 2.27. The lowest BCUT2D eigenvalue weighted by molar-refractivity contribution is -0.131. The molecule has 0 aliphatic rings. The molecule has 0 saturated heterocycles. The van der Waals surface area contributed by atoms with E-state index in [2.05, 4.69) is 0 Å². The van der Waals surface area contributed by atoms with Crippen LogP contribution in [0.15, 0.2) is 37.9 Å². The number of aryl methyl sites for hydroxylation is 1. The van der Waals surface area contributed by atoms with Crippen molar-refractivity contribution in [3.05, 3.63) is 51.6 Å². The number of benzene rings is 1. The summed E-state index contributed by atoms with van der Waals surface area (Å²) in [4.78, 5) is 49.7. The van der Waals surface area contributed by atoms with Gasteiger partial charge in [-0.3, -0.25) is 9.59 Å². The van der Waals surface area contributed by atoms with E-state index < -0.39 is 29.1 Å². The van der Waals surface area contributed by atoms with Crippen LogP contribution < -0.4 is 10.2 Å². The standard InChI is InChI=1S/C24H24O9/c1-5-8-14-11-15-19(12-18(14)31-13(4)25)33-22(24(28)30-7-3)20(21(15)26)16-9-10-17(32-16)23(27)29-6-2/h9-12H,5-8H2,1-4H3. The zero-order valence-corrected chi connectivity index (χ0v) is 18.8. The second-order valence-electron chi connectivity index (χ2n) is 7.04. The molecule has 0 unspecified atom stereocenters. The summed E-state index contributed by atoms with van der Waals surface area (Å²) in [5.41, 5.74) is -0.0657. The van der Waals surface area contributed by atoms with Gasteiger partial charge in [0.2, 0.25) is 16.9 Å². The molecule has 0 amide bonds. The molecule has 1 aromatic carbocycles.